The summed E-state index contributed by atoms with van der Waals surface area (Å²) in [6, 6.07) is 0. The number of nitrogens with zero attached hydrogens (tertiary/aromatic N) is 3. The number of nitrogen functional groups attached to an aromatic ring is 1. The van der Waals surface area contributed by atoms with Crippen molar-refractivity contribution in [3.05, 3.63) is 5.82 Å². The van der Waals surface area contributed by atoms with Crippen LogP contribution in [0.3, 0.4) is 0 Å². The zero-order chi connectivity index (χ0) is 11.5. The van der Waals surface area contributed by atoms with Crippen molar-refractivity contribution < 1.29 is 9.90 Å². The molecule has 1 aromatic heterocycles. The third-order valence-electron chi connectivity index (χ3n) is 2.76. The fourth-order valence-corrected chi connectivity index (χ4v) is 2.22. The van der Waals surface area contributed by atoms with E-state index in [0.717, 1.165) is 24.0 Å². The second kappa shape index (κ2) is 4.73. The lowest BCUT2D eigenvalue weighted by Crippen LogP contribution is -2.20. The van der Waals surface area contributed by atoms with Gasteiger partial charge in [-0.1, -0.05) is 31.0 Å². The van der Waals surface area contributed by atoms with Crippen LogP contribution in [0.4, 0.5) is 0 Å². The second-order valence-corrected chi connectivity index (χ2v) is 4.89. The van der Waals surface area contributed by atoms with Crippen LogP contribution in [0.5, 0.6) is 0 Å². The Hall–Kier alpha value is -1.24. The van der Waals surface area contributed by atoms with Crippen LogP contribution in [0.1, 0.15) is 25.1 Å². The van der Waals surface area contributed by atoms with E-state index in [-0.39, 0.29) is 5.75 Å². The molecule has 16 heavy (non-hydrogen) atoms. The van der Waals surface area contributed by atoms with E-state index in [9.17, 15) is 4.79 Å². The Morgan fingerprint density at radius 1 is 1.56 bits per heavy atom. The summed E-state index contributed by atoms with van der Waals surface area (Å²) in [5.41, 5.74) is 0. The van der Waals surface area contributed by atoms with E-state index >= 15 is 0 Å². The summed E-state index contributed by atoms with van der Waals surface area (Å²) in [6.45, 7) is 0. The molecule has 7 heteroatoms. The summed E-state index contributed by atoms with van der Waals surface area (Å²) >= 11 is 1.09. The topological polar surface area (TPSA) is 94.0 Å². The van der Waals surface area contributed by atoms with E-state index in [0.29, 0.717) is 11.1 Å². The van der Waals surface area contributed by atoms with Gasteiger partial charge >= 0.3 is 5.97 Å². The molecule has 1 fully saturated rings. The molecule has 0 saturated heterocycles. The summed E-state index contributed by atoms with van der Waals surface area (Å²) in [4.78, 5) is 10.4. The molecule has 1 aliphatic rings. The SMILES string of the molecule is Nn1c(CC2CCC2)nnc1SCC(=O)O. The third kappa shape index (κ3) is 2.46. The molecular weight excluding hydrogens is 228 g/mol. The molecule has 88 valence electrons. The number of aliphatic carboxylic acids is 1. The van der Waals surface area contributed by atoms with E-state index in [4.69, 9.17) is 10.9 Å². The van der Waals surface area contributed by atoms with Gasteiger partial charge in [0.25, 0.3) is 0 Å². The predicted molar refractivity (Wildman–Crippen MR) is 59.6 cm³/mol. The number of hydrogen-bond donors (Lipinski definition) is 2. The molecule has 0 amide bonds. The number of carboxylic acids is 1. The minimum Gasteiger partial charge on any atom is -0.481 e. The molecule has 0 aromatic carbocycles. The Morgan fingerprint density at radius 2 is 2.31 bits per heavy atom. The van der Waals surface area contributed by atoms with E-state index in [1.165, 1.54) is 23.9 Å². The second-order valence-electron chi connectivity index (χ2n) is 3.95. The number of nitrogens with two attached hydrogens (primary N) is 1. The lowest BCUT2D eigenvalue weighted by molar-refractivity contribution is -0.133. The zero-order valence-corrected chi connectivity index (χ0v) is 9.61. The van der Waals surface area contributed by atoms with Gasteiger partial charge in [-0.15, -0.1) is 10.2 Å². The van der Waals surface area contributed by atoms with Crippen LogP contribution < -0.4 is 5.84 Å². The van der Waals surface area contributed by atoms with Crippen LogP contribution in [-0.2, 0) is 11.2 Å². The smallest absolute Gasteiger partial charge is 0.313 e. The van der Waals surface area contributed by atoms with Gasteiger partial charge in [0.05, 0.1) is 5.75 Å². The molecular formula is C9H14N4O2S. The number of hydrogen-bond acceptors (Lipinski definition) is 5. The average molecular weight is 242 g/mol. The highest BCUT2D eigenvalue weighted by atomic mass is 32.2. The van der Waals surface area contributed by atoms with Gasteiger partial charge in [0.15, 0.2) is 5.82 Å². The molecule has 0 bridgehead atoms. The number of rotatable bonds is 5. The molecule has 0 radical (unpaired) electrons. The highest BCUT2D eigenvalue weighted by Gasteiger charge is 2.21. The predicted octanol–water partition coefficient (Wildman–Crippen LogP) is 0.511. The first-order valence-corrected chi connectivity index (χ1v) is 6.19. The highest BCUT2D eigenvalue weighted by molar-refractivity contribution is 7.99. The van der Waals surface area contributed by atoms with Gasteiger partial charge in [0.1, 0.15) is 0 Å². The van der Waals surface area contributed by atoms with E-state index < -0.39 is 5.97 Å². The fourth-order valence-electron chi connectivity index (χ4n) is 1.63. The Balaban J connectivity index is 1.96. The van der Waals surface area contributed by atoms with Crippen molar-refractivity contribution in [1.29, 1.82) is 0 Å². The van der Waals surface area contributed by atoms with Crippen LogP contribution in [-0.4, -0.2) is 31.7 Å². The Bertz CT molecular complexity index is 389. The summed E-state index contributed by atoms with van der Waals surface area (Å²) in [5, 5.41) is 16.9. The quantitative estimate of drug-likeness (QED) is 0.577. The third-order valence-corrected chi connectivity index (χ3v) is 3.68. The molecule has 0 unspecified atom stereocenters. The van der Waals surface area contributed by atoms with Crippen molar-refractivity contribution in [2.75, 3.05) is 11.6 Å². The lowest BCUT2D eigenvalue weighted by atomic mass is 9.83. The van der Waals surface area contributed by atoms with Gasteiger partial charge in [-0.25, -0.2) is 4.68 Å². The molecule has 1 saturated carbocycles. The van der Waals surface area contributed by atoms with Crippen LogP contribution in [0.15, 0.2) is 5.16 Å². The summed E-state index contributed by atoms with van der Waals surface area (Å²) in [7, 11) is 0. The minimum atomic E-state index is -0.881. The average Bonchev–Trinajstić information content (AvgIpc) is 2.51. The number of carboxylic acid groups (broad SMARTS) is 1. The van der Waals surface area contributed by atoms with Crippen molar-refractivity contribution in [2.24, 2.45) is 5.92 Å². The van der Waals surface area contributed by atoms with Crippen molar-refractivity contribution in [1.82, 2.24) is 14.9 Å². The highest BCUT2D eigenvalue weighted by Crippen LogP contribution is 2.29. The fraction of sp³-hybridized carbons (Fsp3) is 0.667. The Morgan fingerprint density at radius 3 is 2.88 bits per heavy atom. The maximum atomic E-state index is 10.4. The van der Waals surface area contributed by atoms with Crippen molar-refractivity contribution in [2.45, 2.75) is 30.8 Å². The van der Waals surface area contributed by atoms with Gasteiger partial charge in [-0.3, -0.25) is 4.79 Å². The summed E-state index contributed by atoms with van der Waals surface area (Å²) in [5.74, 6) is 6.29. The maximum Gasteiger partial charge on any atom is 0.313 e. The van der Waals surface area contributed by atoms with Crippen molar-refractivity contribution in [3.8, 4) is 0 Å². The number of thioether (sulfide) groups is 1. The van der Waals surface area contributed by atoms with Crippen LogP contribution in [0.2, 0.25) is 0 Å². The van der Waals surface area contributed by atoms with Gasteiger partial charge in [-0.2, -0.15) is 0 Å². The normalized spacial score (nSPS) is 16.0. The Kier molecular flexibility index (Phi) is 3.33. The standard InChI is InChI=1S/C9H14N4O2S/c10-13-7(4-6-2-1-3-6)11-12-9(13)16-5-8(14)15/h6H,1-5,10H2,(H,14,15). The molecule has 3 N–H and O–H groups in total. The van der Waals surface area contributed by atoms with E-state index in [1.807, 2.05) is 0 Å². The van der Waals surface area contributed by atoms with Gasteiger partial charge in [0, 0.05) is 6.42 Å². The first kappa shape index (κ1) is 11.3. The zero-order valence-electron chi connectivity index (χ0n) is 8.80. The van der Waals surface area contributed by atoms with E-state index in [1.54, 1.807) is 0 Å². The maximum absolute atomic E-state index is 10.4. The largest absolute Gasteiger partial charge is 0.481 e. The molecule has 0 aliphatic heterocycles. The van der Waals surface area contributed by atoms with Gasteiger partial charge < -0.3 is 10.9 Å². The molecule has 0 spiro atoms. The van der Waals surface area contributed by atoms with E-state index in [2.05, 4.69) is 10.2 Å². The minimum absolute atomic E-state index is 0.0429. The molecule has 2 rings (SSSR count). The lowest BCUT2D eigenvalue weighted by Gasteiger charge is -2.24. The van der Waals surface area contributed by atoms with Crippen LogP contribution in [0, 0.1) is 5.92 Å². The molecule has 1 aliphatic carbocycles. The first-order chi connectivity index (χ1) is 7.66. The molecule has 1 aromatic rings. The van der Waals surface area contributed by atoms with Crippen LogP contribution in [0.25, 0.3) is 0 Å². The number of aromatic nitrogens is 3. The van der Waals surface area contributed by atoms with Crippen molar-refractivity contribution in [3.63, 3.8) is 0 Å². The first-order valence-electron chi connectivity index (χ1n) is 5.21. The van der Waals surface area contributed by atoms with Crippen molar-refractivity contribution >= 4 is 17.7 Å². The van der Waals surface area contributed by atoms with Gasteiger partial charge in [0.2, 0.25) is 5.16 Å². The van der Waals surface area contributed by atoms with Crippen LogP contribution >= 0.6 is 11.8 Å². The number of carbonyl (C=O) groups is 1. The molecule has 0 atom stereocenters. The molecule has 6 nitrogen and oxygen atoms in total. The summed E-state index contributed by atoms with van der Waals surface area (Å²) in [6.07, 6.45) is 4.58. The monoisotopic (exact) mass is 242 g/mol. The Labute approximate surface area is 97.2 Å². The molecule has 1 heterocycles. The van der Waals surface area contributed by atoms with Gasteiger partial charge in [-0.05, 0) is 5.92 Å². The summed E-state index contributed by atoms with van der Waals surface area (Å²) < 4.78 is 1.41.